The summed E-state index contributed by atoms with van der Waals surface area (Å²) >= 11 is 0. The second-order valence-electron chi connectivity index (χ2n) is 9.97. The van der Waals surface area contributed by atoms with E-state index in [1.165, 1.54) is 4.90 Å². The molecule has 0 aliphatic carbocycles. The summed E-state index contributed by atoms with van der Waals surface area (Å²) in [6, 6.07) is 9.31. The van der Waals surface area contributed by atoms with Crippen molar-refractivity contribution in [3.63, 3.8) is 0 Å². The van der Waals surface area contributed by atoms with E-state index in [4.69, 9.17) is 14.2 Å². The van der Waals surface area contributed by atoms with Crippen LogP contribution in [0.5, 0.6) is 0 Å². The molecule has 9 heteroatoms. The Kier molecular flexibility index (Phi) is 7.98. The standard InChI is InChI=1S/C23H35N3O6/c1-21(2,3)31-19(28)25-23(12-13-26(16-23)20(29)32-22(4,5)6)15-24-18(27)30-14-17-10-8-7-9-11-17/h7-11H,12-16H2,1-6H3,(H,24,27)(H,25,28)/t23-/m0/s1. The van der Waals surface area contributed by atoms with E-state index in [-0.39, 0.29) is 19.7 Å². The van der Waals surface area contributed by atoms with Gasteiger partial charge >= 0.3 is 18.3 Å². The summed E-state index contributed by atoms with van der Waals surface area (Å²) in [4.78, 5) is 38.7. The molecule has 0 saturated carbocycles. The van der Waals surface area contributed by atoms with Crippen LogP contribution in [-0.4, -0.2) is 59.6 Å². The van der Waals surface area contributed by atoms with Gasteiger partial charge < -0.3 is 29.7 Å². The van der Waals surface area contributed by atoms with E-state index in [1.54, 1.807) is 41.5 Å². The van der Waals surface area contributed by atoms with Crippen LogP contribution in [0.1, 0.15) is 53.5 Å². The number of amides is 3. The Morgan fingerprint density at radius 2 is 1.59 bits per heavy atom. The van der Waals surface area contributed by atoms with Crippen molar-refractivity contribution in [3.8, 4) is 0 Å². The van der Waals surface area contributed by atoms with Crippen LogP contribution < -0.4 is 10.6 Å². The van der Waals surface area contributed by atoms with E-state index in [9.17, 15) is 14.4 Å². The van der Waals surface area contributed by atoms with E-state index in [0.29, 0.717) is 13.0 Å². The smallest absolute Gasteiger partial charge is 0.410 e. The van der Waals surface area contributed by atoms with E-state index >= 15 is 0 Å². The number of ether oxygens (including phenoxy) is 3. The summed E-state index contributed by atoms with van der Waals surface area (Å²) in [5.74, 6) is 0. The fourth-order valence-electron chi connectivity index (χ4n) is 3.18. The fraction of sp³-hybridized carbons (Fsp3) is 0.609. The van der Waals surface area contributed by atoms with Gasteiger partial charge in [0.1, 0.15) is 17.8 Å². The largest absolute Gasteiger partial charge is 0.445 e. The van der Waals surface area contributed by atoms with Crippen LogP contribution in [0.3, 0.4) is 0 Å². The molecule has 2 N–H and O–H groups in total. The van der Waals surface area contributed by atoms with Gasteiger partial charge in [-0.05, 0) is 53.5 Å². The molecule has 9 nitrogen and oxygen atoms in total. The molecule has 1 aliphatic heterocycles. The lowest BCUT2D eigenvalue weighted by atomic mass is 9.99. The minimum absolute atomic E-state index is 0.0686. The van der Waals surface area contributed by atoms with Crippen LogP contribution in [0.4, 0.5) is 14.4 Å². The Morgan fingerprint density at radius 3 is 2.19 bits per heavy atom. The number of rotatable bonds is 5. The van der Waals surface area contributed by atoms with Crippen molar-refractivity contribution in [3.05, 3.63) is 35.9 Å². The highest BCUT2D eigenvalue weighted by atomic mass is 16.6. The highest BCUT2D eigenvalue weighted by Gasteiger charge is 2.43. The van der Waals surface area contributed by atoms with Crippen LogP contribution in [0.15, 0.2) is 30.3 Å². The predicted molar refractivity (Wildman–Crippen MR) is 119 cm³/mol. The quantitative estimate of drug-likeness (QED) is 0.662. The van der Waals surface area contributed by atoms with Crippen molar-refractivity contribution in [2.24, 2.45) is 0 Å². The van der Waals surface area contributed by atoms with E-state index < -0.39 is 35.0 Å². The zero-order chi connectivity index (χ0) is 24.0. The van der Waals surface area contributed by atoms with Crippen LogP contribution in [0, 0.1) is 0 Å². The summed E-state index contributed by atoms with van der Waals surface area (Å²) in [6.07, 6.45) is -1.29. The van der Waals surface area contributed by atoms with Gasteiger partial charge in [-0.25, -0.2) is 14.4 Å². The first-order valence-electron chi connectivity index (χ1n) is 10.7. The number of benzene rings is 1. The lowest BCUT2D eigenvalue weighted by molar-refractivity contribution is 0.0262. The normalized spacial score (nSPS) is 18.6. The van der Waals surface area contributed by atoms with Crippen molar-refractivity contribution in [1.82, 2.24) is 15.5 Å². The molecular formula is C23H35N3O6. The number of alkyl carbamates (subject to hydrolysis) is 2. The van der Waals surface area contributed by atoms with E-state index in [2.05, 4.69) is 10.6 Å². The first-order valence-corrected chi connectivity index (χ1v) is 10.7. The summed E-state index contributed by atoms with van der Waals surface area (Å²) in [6.45, 7) is 11.4. The molecule has 1 heterocycles. The van der Waals surface area contributed by atoms with Crippen LogP contribution in [0.25, 0.3) is 0 Å². The Morgan fingerprint density at radius 1 is 0.969 bits per heavy atom. The molecule has 32 heavy (non-hydrogen) atoms. The van der Waals surface area contributed by atoms with E-state index in [0.717, 1.165) is 5.56 Å². The summed E-state index contributed by atoms with van der Waals surface area (Å²) in [5, 5.41) is 5.55. The Hall–Kier alpha value is -2.97. The molecule has 178 valence electrons. The highest BCUT2D eigenvalue weighted by Crippen LogP contribution is 2.24. The lowest BCUT2D eigenvalue weighted by Crippen LogP contribution is -2.58. The summed E-state index contributed by atoms with van der Waals surface area (Å²) in [5.41, 5.74) is -1.37. The minimum Gasteiger partial charge on any atom is -0.445 e. The Bertz CT molecular complexity index is 800. The van der Waals surface area contributed by atoms with Gasteiger partial charge in [-0.15, -0.1) is 0 Å². The van der Waals surface area contributed by atoms with Gasteiger partial charge in [-0.3, -0.25) is 0 Å². The lowest BCUT2D eigenvalue weighted by Gasteiger charge is -2.32. The molecule has 0 bridgehead atoms. The number of hydrogen-bond acceptors (Lipinski definition) is 6. The van der Waals surface area contributed by atoms with Crippen molar-refractivity contribution in [2.75, 3.05) is 19.6 Å². The number of carbonyl (C=O) groups is 3. The third kappa shape index (κ3) is 8.64. The van der Waals surface area contributed by atoms with Crippen LogP contribution in [-0.2, 0) is 20.8 Å². The molecule has 0 aromatic heterocycles. The molecule has 1 aliphatic rings. The second kappa shape index (κ2) is 10.1. The number of nitrogens with one attached hydrogen (secondary N) is 2. The van der Waals surface area contributed by atoms with Crippen molar-refractivity contribution >= 4 is 18.3 Å². The van der Waals surface area contributed by atoms with Crippen molar-refractivity contribution < 1.29 is 28.6 Å². The van der Waals surface area contributed by atoms with Gasteiger partial charge in [-0.2, -0.15) is 0 Å². The number of nitrogens with zero attached hydrogens (tertiary/aromatic N) is 1. The number of likely N-dealkylation sites (tertiary alicyclic amines) is 1. The first-order chi connectivity index (χ1) is 14.8. The van der Waals surface area contributed by atoms with Gasteiger partial charge in [0, 0.05) is 19.6 Å². The maximum absolute atomic E-state index is 12.5. The topological polar surface area (TPSA) is 106 Å². The van der Waals surface area contributed by atoms with Gasteiger partial charge in [-0.1, -0.05) is 30.3 Å². The SMILES string of the molecule is CC(C)(C)OC(=O)N[C@]1(CNC(=O)OCc2ccccc2)CCN(C(=O)OC(C)(C)C)C1. The van der Waals surface area contributed by atoms with E-state index in [1.807, 2.05) is 30.3 Å². The van der Waals surface area contributed by atoms with Gasteiger partial charge in [0.15, 0.2) is 0 Å². The van der Waals surface area contributed by atoms with Crippen LogP contribution in [0.2, 0.25) is 0 Å². The molecule has 1 aromatic rings. The fourth-order valence-corrected chi connectivity index (χ4v) is 3.18. The van der Waals surface area contributed by atoms with Gasteiger partial charge in [0.25, 0.3) is 0 Å². The Labute approximate surface area is 189 Å². The molecule has 1 aromatic carbocycles. The Balaban J connectivity index is 2.01. The third-order valence-electron chi connectivity index (χ3n) is 4.56. The second-order valence-corrected chi connectivity index (χ2v) is 9.97. The van der Waals surface area contributed by atoms with Crippen molar-refractivity contribution in [1.29, 1.82) is 0 Å². The van der Waals surface area contributed by atoms with Crippen molar-refractivity contribution in [2.45, 2.75) is 71.3 Å². The average Bonchev–Trinajstić information content (AvgIpc) is 3.07. The molecule has 1 saturated heterocycles. The molecule has 0 spiro atoms. The minimum atomic E-state index is -0.912. The molecule has 1 atom stereocenters. The molecular weight excluding hydrogens is 414 g/mol. The van der Waals surface area contributed by atoms with Gasteiger partial charge in [0.05, 0.1) is 5.54 Å². The van der Waals surface area contributed by atoms with Gasteiger partial charge in [0.2, 0.25) is 0 Å². The van der Waals surface area contributed by atoms with Crippen LogP contribution >= 0.6 is 0 Å². The first kappa shape index (κ1) is 25.3. The molecule has 1 fully saturated rings. The number of carbonyl (C=O) groups excluding carboxylic acids is 3. The zero-order valence-electron chi connectivity index (χ0n) is 19.8. The molecule has 0 unspecified atom stereocenters. The average molecular weight is 450 g/mol. The molecule has 3 amide bonds. The predicted octanol–water partition coefficient (Wildman–Crippen LogP) is 3.82. The monoisotopic (exact) mass is 449 g/mol. The molecule has 2 rings (SSSR count). The third-order valence-corrected chi connectivity index (χ3v) is 4.56. The number of hydrogen-bond donors (Lipinski definition) is 2. The maximum atomic E-state index is 12.5. The highest BCUT2D eigenvalue weighted by molar-refractivity contribution is 5.72. The summed E-state index contributed by atoms with van der Waals surface area (Å²) < 4.78 is 16.1. The summed E-state index contributed by atoms with van der Waals surface area (Å²) in [7, 11) is 0. The zero-order valence-corrected chi connectivity index (χ0v) is 19.8. The molecule has 0 radical (unpaired) electrons. The maximum Gasteiger partial charge on any atom is 0.410 e.